The molecule has 1 aliphatic heterocycles. The summed E-state index contributed by atoms with van der Waals surface area (Å²) < 4.78 is 0. The number of hydrogen-bond acceptors (Lipinski definition) is 4. The van der Waals surface area contributed by atoms with Crippen molar-refractivity contribution in [2.75, 3.05) is 30.5 Å². The number of anilines is 2. The van der Waals surface area contributed by atoms with Crippen LogP contribution in [0.5, 0.6) is 0 Å². The summed E-state index contributed by atoms with van der Waals surface area (Å²) in [5.41, 5.74) is 9.95. The van der Waals surface area contributed by atoms with E-state index in [1.807, 2.05) is 61.5 Å². The number of amidine groups is 1. The fourth-order valence-electron chi connectivity index (χ4n) is 3.28. The first-order valence-corrected chi connectivity index (χ1v) is 9.10. The molecule has 0 bridgehead atoms. The maximum Gasteiger partial charge on any atom is 0.268 e. The highest BCUT2D eigenvalue weighted by molar-refractivity contribution is 5.98. The van der Waals surface area contributed by atoms with Crippen molar-refractivity contribution in [2.24, 2.45) is 10.9 Å². The Kier molecular flexibility index (Phi) is 5.64. The lowest BCUT2D eigenvalue weighted by Gasteiger charge is -2.34. The number of aryl methyl sites for hydroxylation is 1. The van der Waals surface area contributed by atoms with Crippen LogP contribution in [-0.4, -0.2) is 38.5 Å². The number of nitrogens with zero attached hydrogens (tertiary/aromatic N) is 3. The van der Waals surface area contributed by atoms with Gasteiger partial charge in [0, 0.05) is 37.1 Å². The maximum absolute atomic E-state index is 12.7. The lowest BCUT2D eigenvalue weighted by molar-refractivity contribution is -0.123. The highest BCUT2D eigenvalue weighted by Gasteiger charge is 2.28. The van der Waals surface area contributed by atoms with Gasteiger partial charge >= 0.3 is 0 Å². The Morgan fingerprint density at radius 1 is 1.22 bits per heavy atom. The third kappa shape index (κ3) is 4.22. The third-order valence-corrected chi connectivity index (χ3v) is 4.82. The van der Waals surface area contributed by atoms with Crippen molar-refractivity contribution >= 4 is 23.1 Å². The van der Waals surface area contributed by atoms with Crippen molar-refractivity contribution in [1.29, 1.82) is 0 Å². The second-order valence-corrected chi connectivity index (χ2v) is 6.97. The molecule has 0 aromatic heterocycles. The van der Waals surface area contributed by atoms with Crippen LogP contribution in [0.2, 0.25) is 0 Å². The predicted molar refractivity (Wildman–Crippen MR) is 109 cm³/mol. The molecule has 0 spiro atoms. The Hall–Kier alpha value is -3.02. The summed E-state index contributed by atoms with van der Waals surface area (Å²) in [6.45, 7) is 1.91. The highest BCUT2D eigenvalue weighted by atomic mass is 16.6. The SMILES string of the molecule is C[C@H]1CCc2ccccc2N1C(=O)CO/N=C(\N)c1ccc(N(C)C)cc1. The zero-order chi connectivity index (χ0) is 19.4. The van der Waals surface area contributed by atoms with Crippen molar-refractivity contribution in [3.63, 3.8) is 0 Å². The van der Waals surface area contributed by atoms with Crippen molar-refractivity contribution in [3.05, 3.63) is 59.7 Å². The van der Waals surface area contributed by atoms with Crippen LogP contribution in [0.1, 0.15) is 24.5 Å². The Labute approximate surface area is 160 Å². The first-order valence-electron chi connectivity index (χ1n) is 9.10. The number of carbonyl (C=O) groups excluding carboxylic acids is 1. The summed E-state index contributed by atoms with van der Waals surface area (Å²) >= 11 is 0. The van der Waals surface area contributed by atoms with Crippen molar-refractivity contribution in [1.82, 2.24) is 0 Å². The van der Waals surface area contributed by atoms with Gasteiger partial charge in [0.25, 0.3) is 5.91 Å². The quantitative estimate of drug-likeness (QED) is 0.502. The third-order valence-electron chi connectivity index (χ3n) is 4.82. The van der Waals surface area contributed by atoms with Crippen LogP contribution in [0.15, 0.2) is 53.7 Å². The van der Waals surface area contributed by atoms with Crippen molar-refractivity contribution in [2.45, 2.75) is 25.8 Å². The summed E-state index contributed by atoms with van der Waals surface area (Å²) in [4.78, 5) is 21.8. The maximum atomic E-state index is 12.7. The van der Waals surface area contributed by atoms with Crippen LogP contribution in [0.4, 0.5) is 11.4 Å². The monoisotopic (exact) mass is 366 g/mol. The minimum absolute atomic E-state index is 0.117. The molecule has 6 nitrogen and oxygen atoms in total. The van der Waals surface area contributed by atoms with Gasteiger partial charge in [0.05, 0.1) is 0 Å². The van der Waals surface area contributed by atoms with Gasteiger partial charge < -0.3 is 20.4 Å². The van der Waals surface area contributed by atoms with E-state index < -0.39 is 0 Å². The molecule has 2 aromatic rings. The lowest BCUT2D eigenvalue weighted by atomic mass is 9.96. The molecule has 2 N–H and O–H groups in total. The van der Waals surface area contributed by atoms with E-state index in [0.717, 1.165) is 29.8 Å². The van der Waals surface area contributed by atoms with Gasteiger partial charge in [0.15, 0.2) is 12.4 Å². The second kappa shape index (κ2) is 8.12. The molecule has 142 valence electrons. The molecule has 0 aliphatic carbocycles. The summed E-state index contributed by atoms with van der Waals surface area (Å²) in [7, 11) is 3.95. The zero-order valence-corrected chi connectivity index (χ0v) is 16.1. The average molecular weight is 366 g/mol. The van der Waals surface area contributed by atoms with E-state index in [-0.39, 0.29) is 24.4 Å². The molecular weight excluding hydrogens is 340 g/mol. The molecule has 0 radical (unpaired) electrons. The fourth-order valence-corrected chi connectivity index (χ4v) is 3.28. The van der Waals surface area contributed by atoms with Crippen LogP contribution in [0, 0.1) is 0 Å². The summed E-state index contributed by atoms with van der Waals surface area (Å²) in [5, 5.41) is 3.92. The van der Waals surface area contributed by atoms with Crippen molar-refractivity contribution < 1.29 is 9.63 Å². The van der Waals surface area contributed by atoms with Gasteiger partial charge in [-0.1, -0.05) is 23.4 Å². The predicted octanol–water partition coefficient (Wildman–Crippen LogP) is 2.76. The van der Waals surface area contributed by atoms with Crippen LogP contribution in [0.25, 0.3) is 0 Å². The number of fused-ring (bicyclic) bond motifs is 1. The van der Waals surface area contributed by atoms with Crippen LogP contribution < -0.4 is 15.5 Å². The molecule has 27 heavy (non-hydrogen) atoms. The number of amides is 1. The Balaban J connectivity index is 1.64. The molecule has 1 atom stereocenters. The summed E-state index contributed by atoms with van der Waals surface area (Å²) in [5.74, 6) is 0.134. The lowest BCUT2D eigenvalue weighted by Crippen LogP contribution is -2.43. The van der Waals surface area contributed by atoms with Crippen LogP contribution in [0.3, 0.4) is 0 Å². The molecule has 1 amide bonds. The minimum Gasteiger partial charge on any atom is -0.384 e. The smallest absolute Gasteiger partial charge is 0.268 e. The molecule has 3 rings (SSSR count). The largest absolute Gasteiger partial charge is 0.384 e. The number of benzene rings is 2. The summed E-state index contributed by atoms with van der Waals surface area (Å²) in [6, 6.07) is 15.8. The fraction of sp³-hybridized carbons (Fsp3) is 0.333. The number of nitrogens with two attached hydrogens (primary N) is 1. The first-order chi connectivity index (χ1) is 13.0. The van der Waals surface area contributed by atoms with E-state index in [2.05, 4.69) is 18.1 Å². The molecule has 6 heteroatoms. The van der Waals surface area contributed by atoms with Gasteiger partial charge in [-0.3, -0.25) is 4.79 Å². The highest BCUT2D eigenvalue weighted by Crippen LogP contribution is 2.30. The molecule has 2 aromatic carbocycles. The number of carbonyl (C=O) groups is 1. The van der Waals surface area contributed by atoms with Gasteiger partial charge in [-0.2, -0.15) is 0 Å². The van der Waals surface area contributed by atoms with Gasteiger partial charge in [0.1, 0.15) is 0 Å². The van der Waals surface area contributed by atoms with Gasteiger partial charge in [-0.05, 0) is 55.7 Å². The topological polar surface area (TPSA) is 71.2 Å². The van der Waals surface area contributed by atoms with Gasteiger partial charge in [-0.25, -0.2) is 0 Å². The molecule has 0 fully saturated rings. The van der Waals surface area contributed by atoms with E-state index in [4.69, 9.17) is 10.6 Å². The van der Waals surface area contributed by atoms with E-state index in [1.165, 1.54) is 5.56 Å². The molecule has 0 saturated heterocycles. The number of hydrogen-bond donors (Lipinski definition) is 1. The minimum atomic E-state index is -0.144. The van der Waals surface area contributed by atoms with Crippen LogP contribution in [-0.2, 0) is 16.1 Å². The zero-order valence-electron chi connectivity index (χ0n) is 16.1. The molecular formula is C21H26N4O2. The normalized spacial score (nSPS) is 16.6. The Morgan fingerprint density at radius 3 is 2.63 bits per heavy atom. The number of oxime groups is 1. The van der Waals surface area contributed by atoms with Gasteiger partial charge in [0.2, 0.25) is 0 Å². The Morgan fingerprint density at radius 2 is 1.93 bits per heavy atom. The average Bonchev–Trinajstić information content (AvgIpc) is 2.67. The Bertz CT molecular complexity index is 830. The second-order valence-electron chi connectivity index (χ2n) is 6.97. The van der Waals surface area contributed by atoms with Gasteiger partial charge in [-0.15, -0.1) is 0 Å². The van der Waals surface area contributed by atoms with E-state index in [0.29, 0.717) is 0 Å². The molecule has 0 unspecified atom stereocenters. The van der Waals surface area contributed by atoms with Crippen molar-refractivity contribution in [3.8, 4) is 0 Å². The standard InChI is InChI=1S/C21H26N4O2/c1-15-8-9-16-6-4-5-7-19(16)25(15)20(26)14-27-23-21(22)17-10-12-18(13-11-17)24(2)3/h4-7,10-13,15H,8-9,14H2,1-3H3,(H2,22,23)/t15-/m0/s1. The first kappa shape index (κ1) is 18.8. The number of rotatable bonds is 5. The van der Waals surface area contributed by atoms with Crippen LogP contribution >= 0.6 is 0 Å². The molecule has 1 heterocycles. The molecule has 0 saturated carbocycles. The van der Waals surface area contributed by atoms with E-state index in [1.54, 1.807) is 4.90 Å². The van der Waals surface area contributed by atoms with E-state index in [9.17, 15) is 4.79 Å². The molecule has 1 aliphatic rings. The number of para-hydroxylation sites is 1. The van der Waals surface area contributed by atoms with E-state index >= 15 is 0 Å². The summed E-state index contributed by atoms with van der Waals surface area (Å²) in [6.07, 6.45) is 1.92.